The second-order valence-corrected chi connectivity index (χ2v) is 16.4. The molecule has 1 aliphatic carbocycles. The minimum atomic E-state index is -1.15. The molecule has 0 bridgehead atoms. The van der Waals surface area contributed by atoms with Crippen molar-refractivity contribution in [3.63, 3.8) is 0 Å². The Bertz CT molecular complexity index is 1380. The van der Waals surface area contributed by atoms with Gasteiger partial charge in [0.2, 0.25) is 0 Å². The van der Waals surface area contributed by atoms with Gasteiger partial charge in [-0.1, -0.05) is 12.5 Å². The van der Waals surface area contributed by atoms with Crippen molar-refractivity contribution < 1.29 is 9.15 Å². The Labute approximate surface area is 213 Å². The first-order valence-corrected chi connectivity index (χ1v) is 16.4. The van der Waals surface area contributed by atoms with Crippen molar-refractivity contribution in [3.05, 3.63) is 65.7 Å². The maximum absolute atomic E-state index is 9.33. The van der Waals surface area contributed by atoms with E-state index in [1.165, 1.54) is 17.5 Å². The van der Waals surface area contributed by atoms with Gasteiger partial charge < -0.3 is 14.5 Å². The van der Waals surface area contributed by atoms with E-state index >= 15 is 0 Å². The van der Waals surface area contributed by atoms with Crippen LogP contribution in [-0.2, 0) is 17.9 Å². The highest BCUT2D eigenvalue weighted by molar-refractivity contribution is 6.76. The number of ether oxygens (including phenoxy) is 1. The smallest absolute Gasteiger partial charge is 0.181 e. The van der Waals surface area contributed by atoms with Gasteiger partial charge in [-0.05, 0) is 60.7 Å². The van der Waals surface area contributed by atoms with Crippen LogP contribution in [0.15, 0.2) is 53.4 Å². The van der Waals surface area contributed by atoms with E-state index in [1.54, 1.807) is 6.20 Å². The van der Waals surface area contributed by atoms with Crippen LogP contribution in [-0.4, -0.2) is 29.4 Å². The lowest BCUT2D eigenvalue weighted by Crippen LogP contribution is -2.22. The molecular weight excluding hydrogens is 466 g/mol. The van der Waals surface area contributed by atoms with Gasteiger partial charge in [-0.15, -0.1) is 14.1 Å². The second kappa shape index (κ2) is 10.3. The van der Waals surface area contributed by atoms with Crippen LogP contribution in [0.5, 0.6) is 0 Å². The van der Waals surface area contributed by atoms with E-state index in [2.05, 4.69) is 60.3 Å². The van der Waals surface area contributed by atoms with E-state index in [0.29, 0.717) is 12.5 Å². The summed E-state index contributed by atoms with van der Waals surface area (Å²) in [6.45, 7) is 8.20. The van der Waals surface area contributed by atoms with E-state index in [9.17, 15) is 5.26 Å². The highest BCUT2D eigenvalue weighted by Gasteiger charge is 2.21. The summed E-state index contributed by atoms with van der Waals surface area (Å²) >= 11 is 0. The molecule has 0 saturated carbocycles. The zero-order valence-electron chi connectivity index (χ0n) is 21.3. The summed E-state index contributed by atoms with van der Waals surface area (Å²) in [6, 6.07) is 16.0. The third kappa shape index (κ3) is 5.37. The van der Waals surface area contributed by atoms with Crippen molar-refractivity contribution >= 4 is 24.7 Å². The Morgan fingerprint density at radius 1 is 1.19 bits per heavy atom. The molecule has 1 unspecified atom stereocenters. The van der Waals surface area contributed by atoms with Crippen molar-refractivity contribution in [1.29, 1.82) is 5.26 Å². The number of oxazole rings is 1. The average Bonchev–Trinajstić information content (AvgIpc) is 3.46. The van der Waals surface area contributed by atoms with E-state index in [1.807, 2.05) is 16.8 Å². The van der Waals surface area contributed by atoms with Crippen molar-refractivity contribution in [2.75, 3.05) is 11.9 Å². The van der Waals surface area contributed by atoms with E-state index in [4.69, 9.17) is 14.3 Å². The number of fused-ring (bicyclic) bond motifs is 2. The molecule has 2 aromatic carbocycles. The SMILES string of the molecule is C[Si-](C)(C)CCOCn1nc(-c2cnco2)c2cc(NC3CCCCc4cc(C#N)ccc43)ccc21. The maximum Gasteiger partial charge on any atom is 0.181 e. The van der Waals surface area contributed by atoms with Crippen molar-refractivity contribution in [2.45, 2.75) is 64.1 Å². The summed E-state index contributed by atoms with van der Waals surface area (Å²) in [6.07, 6.45) is 7.49. The molecule has 0 radical (unpaired) electrons. The first-order valence-electron chi connectivity index (χ1n) is 12.7. The van der Waals surface area contributed by atoms with E-state index in [-0.39, 0.29) is 6.04 Å². The fourth-order valence-electron chi connectivity index (χ4n) is 4.81. The summed E-state index contributed by atoms with van der Waals surface area (Å²) in [5.74, 6) is 0.641. The molecule has 7 nitrogen and oxygen atoms in total. The summed E-state index contributed by atoms with van der Waals surface area (Å²) in [7, 11) is -1.15. The Kier molecular flexibility index (Phi) is 6.94. The molecule has 1 atom stereocenters. The largest absolute Gasteiger partial charge is 0.442 e. The van der Waals surface area contributed by atoms with Crippen LogP contribution in [0.2, 0.25) is 25.7 Å². The lowest BCUT2D eigenvalue weighted by atomic mass is 9.96. The molecule has 0 aliphatic heterocycles. The van der Waals surface area contributed by atoms with Crippen molar-refractivity contribution in [1.82, 2.24) is 14.8 Å². The van der Waals surface area contributed by atoms with Crippen LogP contribution < -0.4 is 5.32 Å². The number of nitriles is 1. The Hall–Kier alpha value is -3.41. The Balaban J connectivity index is 1.44. The summed E-state index contributed by atoms with van der Waals surface area (Å²) < 4.78 is 13.5. The number of aromatic nitrogens is 3. The van der Waals surface area contributed by atoms with Crippen LogP contribution in [0.25, 0.3) is 22.4 Å². The number of hydrogen-bond donors (Lipinski definition) is 1. The molecule has 0 amide bonds. The standard InChI is InChI=1S/C28H33N5O2Si/c1-36(2,3)13-12-34-19-33-26-11-9-22(15-24(26)28(32-33)27-17-30-18-35-27)31-25-7-5-4-6-21-14-20(16-29)8-10-23(21)25/h8-11,14-15,17-18,25,31H,4-7,12-13,19H2,1-3H3/q-1. The lowest BCUT2D eigenvalue weighted by Gasteiger charge is -2.26. The van der Waals surface area contributed by atoms with E-state index in [0.717, 1.165) is 66.2 Å². The molecule has 2 heterocycles. The first kappa shape index (κ1) is 24.3. The van der Waals surface area contributed by atoms with Gasteiger partial charge in [-0.25, -0.2) is 9.67 Å². The monoisotopic (exact) mass is 499 g/mol. The maximum atomic E-state index is 9.33. The second-order valence-electron chi connectivity index (χ2n) is 10.8. The fraction of sp³-hybridized carbons (Fsp3) is 0.393. The molecule has 4 aromatic rings. The summed E-state index contributed by atoms with van der Waals surface area (Å²) in [4.78, 5) is 4.10. The van der Waals surface area contributed by atoms with Crippen LogP contribution in [0.3, 0.4) is 0 Å². The first-order chi connectivity index (χ1) is 17.4. The minimum Gasteiger partial charge on any atom is -0.442 e. The van der Waals surface area contributed by atoms with Crippen LogP contribution in [0.4, 0.5) is 5.69 Å². The number of anilines is 1. The molecule has 36 heavy (non-hydrogen) atoms. The van der Waals surface area contributed by atoms with E-state index < -0.39 is 8.07 Å². The number of aryl methyl sites for hydroxylation is 1. The predicted molar refractivity (Wildman–Crippen MR) is 144 cm³/mol. The van der Waals surface area contributed by atoms with Gasteiger partial charge in [-0.2, -0.15) is 30.0 Å². The summed E-state index contributed by atoms with van der Waals surface area (Å²) in [5, 5.41) is 18.9. The normalized spacial score (nSPS) is 15.9. The highest BCUT2D eigenvalue weighted by atomic mass is 28.3. The molecule has 2 aromatic heterocycles. The number of nitrogens with one attached hydrogen (secondary N) is 1. The quantitative estimate of drug-likeness (QED) is 0.164. The topological polar surface area (TPSA) is 88.9 Å². The zero-order valence-corrected chi connectivity index (χ0v) is 22.3. The molecule has 5 rings (SSSR count). The number of nitrogens with zero attached hydrogens (tertiary/aromatic N) is 4. The van der Waals surface area contributed by atoms with Gasteiger partial charge in [0.1, 0.15) is 12.4 Å². The van der Waals surface area contributed by atoms with Gasteiger partial charge >= 0.3 is 0 Å². The van der Waals surface area contributed by atoms with Crippen molar-refractivity contribution in [3.8, 4) is 17.5 Å². The molecule has 0 saturated heterocycles. The Morgan fingerprint density at radius 3 is 2.86 bits per heavy atom. The summed E-state index contributed by atoms with van der Waals surface area (Å²) in [5.41, 5.74) is 6.08. The Morgan fingerprint density at radius 2 is 2.08 bits per heavy atom. The highest BCUT2D eigenvalue weighted by Crippen LogP contribution is 2.35. The van der Waals surface area contributed by atoms with Crippen LogP contribution in [0, 0.1) is 11.3 Å². The molecule has 187 valence electrons. The van der Waals surface area contributed by atoms with Gasteiger partial charge in [0.15, 0.2) is 12.2 Å². The zero-order chi connectivity index (χ0) is 25.1. The lowest BCUT2D eigenvalue weighted by molar-refractivity contribution is 0.0818. The van der Waals surface area contributed by atoms with Gasteiger partial charge in [-0.3, -0.25) is 0 Å². The van der Waals surface area contributed by atoms with Gasteiger partial charge in [0.25, 0.3) is 0 Å². The molecule has 0 fully saturated rings. The molecule has 8 heteroatoms. The molecule has 1 N–H and O–H groups in total. The van der Waals surface area contributed by atoms with Gasteiger partial charge in [0.05, 0.1) is 29.4 Å². The number of rotatable bonds is 8. The third-order valence-electron chi connectivity index (χ3n) is 6.80. The fourth-order valence-corrected chi connectivity index (χ4v) is 5.57. The van der Waals surface area contributed by atoms with Gasteiger partial charge in [0, 0.05) is 17.7 Å². The molecular formula is C28H33N5O2Si-. The predicted octanol–water partition coefficient (Wildman–Crippen LogP) is 6.75. The molecule has 0 spiro atoms. The van der Waals surface area contributed by atoms with Crippen molar-refractivity contribution in [2.24, 2.45) is 0 Å². The van der Waals surface area contributed by atoms with Crippen LogP contribution >= 0.6 is 0 Å². The minimum absolute atomic E-state index is 0.196. The average molecular weight is 500 g/mol. The molecule has 1 aliphatic rings. The van der Waals surface area contributed by atoms with Crippen LogP contribution in [0.1, 0.15) is 42.0 Å². The number of hydrogen-bond acceptors (Lipinski definition) is 6. The number of benzene rings is 2. The third-order valence-corrected chi connectivity index (χ3v) is 8.51.